The smallest absolute Gasteiger partial charge is 0.275 e. The lowest BCUT2D eigenvalue weighted by molar-refractivity contribution is 0.107. The molecular weight excluding hydrogens is 302 g/mol. The number of rotatable bonds is 5. The summed E-state index contributed by atoms with van der Waals surface area (Å²) in [5.41, 5.74) is 0.710. The van der Waals surface area contributed by atoms with Gasteiger partial charge in [0.1, 0.15) is 5.01 Å². The van der Waals surface area contributed by atoms with Crippen molar-refractivity contribution in [3.63, 3.8) is 0 Å². The third-order valence-corrected chi connectivity index (χ3v) is 4.96. The molecule has 0 aliphatic carbocycles. The summed E-state index contributed by atoms with van der Waals surface area (Å²) >= 11 is 1.48. The molecule has 0 spiro atoms. The number of piperazine rings is 1. The molecule has 0 radical (unpaired) electrons. The number of hydrogen-bond acceptors (Lipinski definition) is 7. The molecule has 1 N–H and O–H groups in total. The zero-order chi connectivity index (χ0) is 15.5. The molecule has 0 atom stereocenters. The van der Waals surface area contributed by atoms with Crippen molar-refractivity contribution in [2.45, 2.75) is 19.9 Å². The van der Waals surface area contributed by atoms with Crippen LogP contribution in [-0.4, -0.2) is 68.8 Å². The number of aliphatic hydroxyl groups excluding tert-OH is 1. The summed E-state index contributed by atoms with van der Waals surface area (Å²) in [4.78, 5) is 21.9. The van der Waals surface area contributed by atoms with Crippen molar-refractivity contribution in [2.24, 2.45) is 0 Å². The van der Waals surface area contributed by atoms with Gasteiger partial charge in [-0.3, -0.25) is 14.6 Å². The summed E-state index contributed by atoms with van der Waals surface area (Å²) in [6, 6.07) is 1.59. The molecule has 7 nitrogen and oxygen atoms in total. The lowest BCUT2D eigenvalue weighted by Gasteiger charge is -2.34. The predicted octanol–water partition coefficient (Wildman–Crippen LogP) is -0.177. The summed E-state index contributed by atoms with van der Waals surface area (Å²) < 4.78 is 1.40. The van der Waals surface area contributed by atoms with Gasteiger partial charge in [-0.25, -0.2) is 4.98 Å². The summed E-state index contributed by atoms with van der Waals surface area (Å²) in [6.07, 6.45) is 0.815. The molecule has 2 aromatic rings. The van der Waals surface area contributed by atoms with E-state index in [4.69, 9.17) is 5.11 Å². The minimum absolute atomic E-state index is 0.102. The minimum Gasteiger partial charge on any atom is -0.395 e. The van der Waals surface area contributed by atoms with Gasteiger partial charge in [-0.2, -0.15) is 9.61 Å². The maximum absolute atomic E-state index is 12.1. The summed E-state index contributed by atoms with van der Waals surface area (Å²) in [5, 5.41) is 14.2. The second-order valence-corrected chi connectivity index (χ2v) is 6.51. The SMILES string of the molecule is CCc1nn2c(=O)cc(CN3CCN(CCO)CC3)nc2s1. The van der Waals surface area contributed by atoms with E-state index in [1.807, 2.05) is 6.92 Å². The van der Waals surface area contributed by atoms with Crippen LogP contribution in [0.4, 0.5) is 0 Å². The van der Waals surface area contributed by atoms with Gasteiger partial charge in [0.25, 0.3) is 5.56 Å². The Morgan fingerprint density at radius 3 is 2.68 bits per heavy atom. The van der Waals surface area contributed by atoms with Gasteiger partial charge in [-0.1, -0.05) is 18.3 Å². The van der Waals surface area contributed by atoms with Crippen LogP contribution in [0.2, 0.25) is 0 Å². The van der Waals surface area contributed by atoms with E-state index in [0.717, 1.165) is 49.8 Å². The van der Waals surface area contributed by atoms with Crippen molar-refractivity contribution in [2.75, 3.05) is 39.3 Å². The first-order valence-corrected chi connectivity index (χ1v) is 8.45. The number of aromatic nitrogens is 3. The van der Waals surface area contributed by atoms with Gasteiger partial charge >= 0.3 is 0 Å². The molecule has 3 heterocycles. The van der Waals surface area contributed by atoms with Crippen LogP contribution >= 0.6 is 11.3 Å². The van der Waals surface area contributed by atoms with Gasteiger partial charge < -0.3 is 5.11 Å². The van der Waals surface area contributed by atoms with Gasteiger partial charge in [0, 0.05) is 45.3 Å². The normalized spacial score (nSPS) is 17.4. The molecule has 1 saturated heterocycles. The first-order valence-electron chi connectivity index (χ1n) is 7.64. The van der Waals surface area contributed by atoms with Crippen LogP contribution in [0.15, 0.2) is 10.9 Å². The number of nitrogens with zero attached hydrogens (tertiary/aromatic N) is 5. The fourth-order valence-electron chi connectivity index (χ4n) is 2.66. The summed E-state index contributed by atoms with van der Waals surface area (Å²) in [5.74, 6) is 0. The number of fused-ring (bicyclic) bond motifs is 1. The van der Waals surface area contributed by atoms with Crippen molar-refractivity contribution in [3.05, 3.63) is 27.1 Å². The van der Waals surface area contributed by atoms with Crippen molar-refractivity contribution in [3.8, 4) is 0 Å². The maximum Gasteiger partial charge on any atom is 0.275 e. The Labute approximate surface area is 132 Å². The van der Waals surface area contributed by atoms with Gasteiger partial charge in [-0.15, -0.1) is 0 Å². The quantitative estimate of drug-likeness (QED) is 0.823. The molecule has 120 valence electrons. The Morgan fingerprint density at radius 1 is 1.27 bits per heavy atom. The van der Waals surface area contributed by atoms with Crippen LogP contribution in [0.25, 0.3) is 4.96 Å². The van der Waals surface area contributed by atoms with E-state index >= 15 is 0 Å². The molecule has 0 amide bonds. The van der Waals surface area contributed by atoms with Gasteiger partial charge in [0.2, 0.25) is 4.96 Å². The average Bonchev–Trinajstić information content (AvgIpc) is 2.93. The zero-order valence-electron chi connectivity index (χ0n) is 12.7. The van der Waals surface area contributed by atoms with Crippen LogP contribution in [-0.2, 0) is 13.0 Å². The lowest BCUT2D eigenvalue weighted by atomic mass is 10.3. The van der Waals surface area contributed by atoms with Crippen LogP contribution < -0.4 is 5.56 Å². The number of aliphatic hydroxyl groups is 1. The Bertz CT molecular complexity index is 690. The van der Waals surface area contributed by atoms with Gasteiger partial charge in [-0.05, 0) is 6.42 Å². The highest BCUT2D eigenvalue weighted by molar-refractivity contribution is 7.16. The largest absolute Gasteiger partial charge is 0.395 e. The highest BCUT2D eigenvalue weighted by atomic mass is 32.1. The predicted molar refractivity (Wildman–Crippen MR) is 85.3 cm³/mol. The van der Waals surface area contributed by atoms with E-state index in [-0.39, 0.29) is 12.2 Å². The molecule has 1 aliphatic heterocycles. The molecule has 3 rings (SSSR count). The Kier molecular flexibility index (Phi) is 4.82. The number of β-amino-alcohol motifs (C(OH)–C–C–N with tert-alkyl or cyclic N) is 1. The molecule has 1 fully saturated rings. The number of aryl methyl sites for hydroxylation is 1. The van der Waals surface area contributed by atoms with Crippen LogP contribution in [0.3, 0.4) is 0 Å². The van der Waals surface area contributed by atoms with Crippen molar-refractivity contribution >= 4 is 16.3 Å². The third-order valence-electron chi connectivity index (χ3n) is 3.91. The molecule has 22 heavy (non-hydrogen) atoms. The fraction of sp³-hybridized carbons (Fsp3) is 0.643. The van der Waals surface area contributed by atoms with Crippen molar-refractivity contribution in [1.29, 1.82) is 0 Å². The van der Waals surface area contributed by atoms with E-state index in [9.17, 15) is 4.79 Å². The molecule has 8 heteroatoms. The summed E-state index contributed by atoms with van der Waals surface area (Å²) in [7, 11) is 0. The second kappa shape index (κ2) is 6.82. The van der Waals surface area contributed by atoms with Crippen LogP contribution in [0.1, 0.15) is 17.6 Å². The first-order chi connectivity index (χ1) is 10.7. The van der Waals surface area contributed by atoms with Gasteiger partial charge in [0.15, 0.2) is 0 Å². The summed E-state index contributed by atoms with van der Waals surface area (Å²) in [6.45, 7) is 7.42. The molecular formula is C14H21N5O2S. The Balaban J connectivity index is 1.70. The van der Waals surface area contributed by atoms with E-state index in [1.165, 1.54) is 15.9 Å². The zero-order valence-corrected chi connectivity index (χ0v) is 13.6. The molecule has 0 bridgehead atoms. The third kappa shape index (κ3) is 3.35. The molecule has 1 aliphatic rings. The second-order valence-electron chi connectivity index (χ2n) is 5.47. The molecule has 0 aromatic carbocycles. The van der Waals surface area contributed by atoms with Crippen LogP contribution in [0.5, 0.6) is 0 Å². The Hall–Kier alpha value is -1.35. The molecule has 2 aromatic heterocycles. The molecule has 0 unspecified atom stereocenters. The monoisotopic (exact) mass is 323 g/mol. The lowest BCUT2D eigenvalue weighted by Crippen LogP contribution is -2.46. The topological polar surface area (TPSA) is 74.0 Å². The first kappa shape index (κ1) is 15.5. The van der Waals surface area contributed by atoms with E-state index < -0.39 is 0 Å². The van der Waals surface area contributed by atoms with E-state index in [2.05, 4.69) is 19.9 Å². The highest BCUT2D eigenvalue weighted by Gasteiger charge is 2.17. The molecule has 0 saturated carbocycles. The average molecular weight is 323 g/mol. The number of hydrogen-bond donors (Lipinski definition) is 1. The van der Waals surface area contributed by atoms with Crippen molar-refractivity contribution in [1.82, 2.24) is 24.4 Å². The highest BCUT2D eigenvalue weighted by Crippen LogP contribution is 2.13. The van der Waals surface area contributed by atoms with Crippen LogP contribution in [0, 0.1) is 0 Å². The maximum atomic E-state index is 12.1. The fourth-order valence-corrected chi connectivity index (χ4v) is 3.52. The van der Waals surface area contributed by atoms with Gasteiger partial charge in [0.05, 0.1) is 12.3 Å². The van der Waals surface area contributed by atoms with Crippen molar-refractivity contribution < 1.29 is 5.11 Å². The van der Waals surface area contributed by atoms with E-state index in [0.29, 0.717) is 11.5 Å². The van der Waals surface area contributed by atoms with E-state index in [1.54, 1.807) is 6.07 Å². The minimum atomic E-state index is -0.102. The Morgan fingerprint density at radius 2 is 2.00 bits per heavy atom. The standard InChI is InChI=1S/C14H21N5O2S/c1-2-12-16-19-13(21)9-11(15-14(19)22-12)10-18-5-3-17(4-6-18)7-8-20/h9,20H,2-8,10H2,1H3.